The van der Waals surface area contributed by atoms with E-state index in [1.807, 2.05) is 6.26 Å². The van der Waals surface area contributed by atoms with E-state index < -0.39 is 0 Å². The van der Waals surface area contributed by atoms with Crippen LogP contribution in [0.5, 0.6) is 0 Å². The molecule has 1 rings (SSSR count). The van der Waals surface area contributed by atoms with Crippen molar-refractivity contribution in [2.75, 3.05) is 23.7 Å². The van der Waals surface area contributed by atoms with E-state index >= 15 is 0 Å². The number of carbonyl (C=O) groups excluding carboxylic acids is 1. The largest absolute Gasteiger partial charge is 0.465 e. The average Bonchev–Trinajstić information content (AvgIpc) is 2.88. The molecule has 0 spiro atoms. The normalized spacial score (nSPS) is 12.8. The van der Waals surface area contributed by atoms with Gasteiger partial charge in [-0.25, -0.2) is 0 Å². The smallest absolute Gasteiger partial charge is 0.244 e. The first kappa shape index (κ1) is 15.2. The van der Waals surface area contributed by atoms with Gasteiger partial charge in [-0.2, -0.15) is 11.8 Å². The van der Waals surface area contributed by atoms with E-state index in [4.69, 9.17) is 9.52 Å². The molecule has 1 aromatic heterocycles. The van der Waals surface area contributed by atoms with Crippen molar-refractivity contribution in [2.24, 2.45) is 0 Å². The van der Waals surface area contributed by atoms with Crippen molar-refractivity contribution < 1.29 is 14.3 Å². The second-order valence-electron chi connectivity index (χ2n) is 3.51. The maximum Gasteiger partial charge on any atom is 0.244 e. The highest BCUT2D eigenvalue weighted by atomic mass is 32.2. The number of amides is 1. The summed E-state index contributed by atoms with van der Waals surface area (Å²) in [5, 5.41) is 12.8. The maximum absolute atomic E-state index is 11.6. The Labute approximate surface area is 115 Å². The minimum absolute atomic E-state index is 0.0539. The molecular formula is C12H17NO3S2. The minimum atomic E-state index is -0.227. The number of carbonyl (C=O) groups is 1. The monoisotopic (exact) mass is 287 g/mol. The first-order valence-electron chi connectivity index (χ1n) is 5.46. The molecule has 0 bridgehead atoms. The second kappa shape index (κ2) is 9.13. The summed E-state index contributed by atoms with van der Waals surface area (Å²) in [5.41, 5.74) is 0. The van der Waals surface area contributed by atoms with Crippen LogP contribution < -0.4 is 5.32 Å². The Bertz CT molecular complexity index is 365. The number of aliphatic hydroxyl groups excluding tert-OH is 1. The lowest BCUT2D eigenvalue weighted by Gasteiger charge is -2.14. The Balaban J connectivity index is 2.32. The molecular weight excluding hydrogens is 270 g/mol. The zero-order valence-electron chi connectivity index (χ0n) is 10.2. The van der Waals surface area contributed by atoms with E-state index in [-0.39, 0.29) is 18.6 Å². The molecule has 0 aliphatic rings. The van der Waals surface area contributed by atoms with E-state index in [1.165, 1.54) is 6.08 Å². The summed E-state index contributed by atoms with van der Waals surface area (Å²) in [6.07, 6.45) is 6.57. The van der Waals surface area contributed by atoms with Crippen LogP contribution in [0.2, 0.25) is 0 Å². The fourth-order valence-corrected chi connectivity index (χ4v) is 2.73. The lowest BCUT2D eigenvalue weighted by atomic mass is 10.3. The molecule has 100 valence electrons. The van der Waals surface area contributed by atoms with Crippen LogP contribution in [-0.4, -0.2) is 40.8 Å². The molecule has 0 radical (unpaired) electrons. The molecule has 1 heterocycles. The van der Waals surface area contributed by atoms with Gasteiger partial charge in [-0.1, -0.05) is 0 Å². The van der Waals surface area contributed by atoms with E-state index in [9.17, 15) is 4.79 Å². The molecule has 2 N–H and O–H groups in total. The van der Waals surface area contributed by atoms with Crippen LogP contribution in [0.3, 0.4) is 0 Å². The summed E-state index contributed by atoms with van der Waals surface area (Å²) >= 11 is 3.41. The summed E-state index contributed by atoms with van der Waals surface area (Å²) in [5.74, 6) is 1.11. The van der Waals surface area contributed by atoms with E-state index in [1.54, 1.807) is 48.0 Å². The number of hydrogen-bond donors (Lipinski definition) is 2. The number of rotatable bonds is 8. The van der Waals surface area contributed by atoms with Gasteiger partial charge in [0.25, 0.3) is 0 Å². The third kappa shape index (κ3) is 6.18. The van der Waals surface area contributed by atoms with Gasteiger partial charge in [0.05, 0.1) is 18.9 Å². The molecule has 0 aliphatic heterocycles. The standard InChI is InChI=1S/C12H17NO3S2/c1-17-9-18-8-10(7-14)13-12(15)5-4-11-3-2-6-16-11/h2-6,10,14H,7-9H2,1H3,(H,13,15)/b5-4-. The first-order chi connectivity index (χ1) is 8.76. The Morgan fingerprint density at radius 2 is 2.50 bits per heavy atom. The van der Waals surface area contributed by atoms with Crippen LogP contribution in [0.1, 0.15) is 5.76 Å². The zero-order chi connectivity index (χ0) is 13.2. The number of hydrogen-bond acceptors (Lipinski definition) is 5. The van der Waals surface area contributed by atoms with Crippen molar-refractivity contribution in [3.63, 3.8) is 0 Å². The van der Waals surface area contributed by atoms with E-state index in [0.717, 1.165) is 5.08 Å². The third-order valence-electron chi connectivity index (χ3n) is 2.03. The van der Waals surface area contributed by atoms with Crippen molar-refractivity contribution >= 4 is 35.5 Å². The van der Waals surface area contributed by atoms with Crippen LogP contribution in [0.25, 0.3) is 6.08 Å². The first-order valence-corrected chi connectivity index (χ1v) is 8.00. The molecule has 0 saturated carbocycles. The quantitative estimate of drug-likeness (QED) is 0.434. The summed E-state index contributed by atoms with van der Waals surface area (Å²) in [6, 6.07) is 3.31. The molecule has 1 atom stereocenters. The minimum Gasteiger partial charge on any atom is -0.465 e. The summed E-state index contributed by atoms with van der Waals surface area (Å²) < 4.78 is 5.07. The summed E-state index contributed by atoms with van der Waals surface area (Å²) in [4.78, 5) is 11.6. The summed E-state index contributed by atoms with van der Waals surface area (Å²) in [7, 11) is 0. The number of aliphatic hydroxyl groups is 1. The van der Waals surface area contributed by atoms with Crippen LogP contribution in [0.4, 0.5) is 0 Å². The average molecular weight is 287 g/mol. The summed E-state index contributed by atoms with van der Waals surface area (Å²) in [6.45, 7) is -0.0539. The molecule has 0 aliphatic carbocycles. The van der Waals surface area contributed by atoms with Crippen molar-refractivity contribution in [2.45, 2.75) is 6.04 Å². The Morgan fingerprint density at radius 3 is 3.11 bits per heavy atom. The number of thioether (sulfide) groups is 2. The third-order valence-corrected chi connectivity index (χ3v) is 4.28. The molecule has 1 aromatic rings. The molecule has 4 nitrogen and oxygen atoms in total. The van der Waals surface area contributed by atoms with Gasteiger partial charge in [0.15, 0.2) is 0 Å². The van der Waals surface area contributed by atoms with Gasteiger partial charge < -0.3 is 14.8 Å². The van der Waals surface area contributed by atoms with E-state index in [2.05, 4.69) is 5.32 Å². The second-order valence-corrected chi connectivity index (χ2v) is 5.78. The highest BCUT2D eigenvalue weighted by Gasteiger charge is 2.09. The van der Waals surface area contributed by atoms with Crippen LogP contribution in [-0.2, 0) is 4.79 Å². The number of furan rings is 1. The Kier molecular flexibility index (Phi) is 7.71. The fourth-order valence-electron chi connectivity index (χ4n) is 1.21. The van der Waals surface area contributed by atoms with Crippen LogP contribution >= 0.6 is 23.5 Å². The lowest BCUT2D eigenvalue weighted by Crippen LogP contribution is -2.38. The van der Waals surface area contributed by atoms with Gasteiger partial charge in [-0.15, -0.1) is 11.8 Å². The van der Waals surface area contributed by atoms with Crippen molar-refractivity contribution in [1.82, 2.24) is 5.32 Å². The van der Waals surface area contributed by atoms with Crippen molar-refractivity contribution in [1.29, 1.82) is 0 Å². The Hall–Kier alpha value is -0.850. The van der Waals surface area contributed by atoms with Gasteiger partial charge in [0.1, 0.15) is 5.76 Å². The van der Waals surface area contributed by atoms with Crippen LogP contribution in [0, 0.1) is 0 Å². The predicted molar refractivity (Wildman–Crippen MR) is 77.6 cm³/mol. The van der Waals surface area contributed by atoms with Gasteiger partial charge in [0, 0.05) is 16.9 Å². The molecule has 0 saturated heterocycles. The van der Waals surface area contributed by atoms with Gasteiger partial charge in [-0.3, -0.25) is 4.79 Å². The highest BCUT2D eigenvalue weighted by Crippen LogP contribution is 2.09. The van der Waals surface area contributed by atoms with Crippen LogP contribution in [0.15, 0.2) is 28.9 Å². The maximum atomic E-state index is 11.6. The molecule has 18 heavy (non-hydrogen) atoms. The SMILES string of the molecule is CSCSCC(CO)NC(=O)/C=C\c1ccco1. The van der Waals surface area contributed by atoms with Crippen molar-refractivity contribution in [3.05, 3.63) is 30.2 Å². The topological polar surface area (TPSA) is 62.5 Å². The molecule has 6 heteroatoms. The van der Waals surface area contributed by atoms with Crippen molar-refractivity contribution in [3.8, 4) is 0 Å². The highest BCUT2D eigenvalue weighted by molar-refractivity contribution is 8.15. The van der Waals surface area contributed by atoms with Gasteiger partial charge in [-0.05, 0) is 24.5 Å². The molecule has 1 unspecified atom stereocenters. The van der Waals surface area contributed by atoms with Gasteiger partial charge >= 0.3 is 0 Å². The van der Waals surface area contributed by atoms with E-state index in [0.29, 0.717) is 11.5 Å². The predicted octanol–water partition coefficient (Wildman–Crippen LogP) is 1.82. The Morgan fingerprint density at radius 1 is 1.67 bits per heavy atom. The van der Waals surface area contributed by atoms with Gasteiger partial charge in [0.2, 0.25) is 5.91 Å². The molecule has 1 amide bonds. The lowest BCUT2D eigenvalue weighted by molar-refractivity contribution is -0.117. The fraction of sp³-hybridized carbons (Fsp3) is 0.417. The number of nitrogens with one attached hydrogen (secondary N) is 1. The zero-order valence-corrected chi connectivity index (χ0v) is 11.8. The molecule has 0 aromatic carbocycles. The molecule has 0 fully saturated rings.